The van der Waals surface area contributed by atoms with Crippen LogP contribution in [0.1, 0.15) is 0 Å². The highest BCUT2D eigenvalue weighted by Crippen LogP contribution is 2.30. The first-order chi connectivity index (χ1) is 8.41. The third-order valence-corrected chi connectivity index (χ3v) is 2.19. The number of rotatable bonds is 5. The molecule has 1 aromatic rings. The molecule has 0 unspecified atom stereocenters. The van der Waals surface area contributed by atoms with Crippen LogP contribution in [-0.2, 0) is 4.74 Å². The maximum Gasteiger partial charge on any atom is 0.404 e. The molecule has 0 saturated carbocycles. The van der Waals surface area contributed by atoms with Crippen molar-refractivity contribution in [1.29, 1.82) is 0 Å². The summed E-state index contributed by atoms with van der Waals surface area (Å²) in [5, 5.41) is 12.9. The van der Waals surface area contributed by atoms with E-state index >= 15 is 0 Å². The minimum Gasteiger partial charge on any atom is -0.448 e. The van der Waals surface area contributed by atoms with Gasteiger partial charge in [0.2, 0.25) is 0 Å². The lowest BCUT2D eigenvalue weighted by atomic mass is 10.2. The minimum atomic E-state index is -0.964. The minimum absolute atomic E-state index is 0.0465. The number of anilines is 1. The summed E-state index contributed by atoms with van der Waals surface area (Å²) in [7, 11) is 0. The van der Waals surface area contributed by atoms with E-state index in [4.69, 9.17) is 17.3 Å². The second kappa shape index (κ2) is 6.01. The molecule has 0 heterocycles. The van der Waals surface area contributed by atoms with Crippen LogP contribution in [0.3, 0.4) is 0 Å². The Bertz CT molecular complexity index is 483. The number of hydrogen-bond acceptors (Lipinski definition) is 5. The maximum atomic E-state index is 13.2. The summed E-state index contributed by atoms with van der Waals surface area (Å²) in [4.78, 5) is 20.3. The summed E-state index contributed by atoms with van der Waals surface area (Å²) in [5.41, 5.74) is 4.28. The van der Waals surface area contributed by atoms with Crippen LogP contribution in [-0.4, -0.2) is 24.2 Å². The molecule has 0 saturated heterocycles. The fraction of sp³-hybridized carbons (Fsp3) is 0.222. The number of nitrogens with two attached hydrogens (primary N) is 1. The standard InChI is InChI=1S/C9H9ClFN3O4/c10-5-3-8(14(16)17)7(4-6(5)11)13-1-2-18-9(12)15/h3-4,13H,1-2H2,(H2,12,15). The van der Waals surface area contributed by atoms with Gasteiger partial charge >= 0.3 is 6.09 Å². The van der Waals surface area contributed by atoms with Crippen molar-refractivity contribution in [3.63, 3.8) is 0 Å². The number of primary amides is 1. The Morgan fingerprint density at radius 1 is 1.61 bits per heavy atom. The third kappa shape index (κ3) is 3.74. The number of nitro groups is 1. The van der Waals surface area contributed by atoms with Gasteiger partial charge in [0, 0.05) is 18.7 Å². The molecule has 0 spiro atoms. The van der Waals surface area contributed by atoms with E-state index in [2.05, 4.69) is 10.1 Å². The van der Waals surface area contributed by atoms with E-state index < -0.39 is 16.8 Å². The molecule has 0 fully saturated rings. The van der Waals surface area contributed by atoms with E-state index in [1.807, 2.05) is 0 Å². The van der Waals surface area contributed by atoms with Crippen LogP contribution in [0.4, 0.5) is 20.6 Å². The Balaban J connectivity index is 2.77. The molecule has 9 heteroatoms. The van der Waals surface area contributed by atoms with Crippen molar-refractivity contribution < 1.29 is 18.8 Å². The van der Waals surface area contributed by atoms with Gasteiger partial charge in [0.1, 0.15) is 18.1 Å². The van der Waals surface area contributed by atoms with E-state index in [1.165, 1.54) is 0 Å². The van der Waals surface area contributed by atoms with Crippen molar-refractivity contribution in [2.45, 2.75) is 0 Å². The largest absolute Gasteiger partial charge is 0.448 e. The molecule has 0 bridgehead atoms. The molecule has 3 N–H and O–H groups in total. The second-order valence-corrected chi connectivity index (χ2v) is 3.54. The van der Waals surface area contributed by atoms with Crippen LogP contribution in [0.25, 0.3) is 0 Å². The number of nitrogens with zero attached hydrogens (tertiary/aromatic N) is 1. The summed E-state index contributed by atoms with van der Waals surface area (Å²) in [5.74, 6) is -0.791. The molecule has 7 nitrogen and oxygen atoms in total. The Hall–Kier alpha value is -2.09. The number of nitro benzene ring substituents is 1. The van der Waals surface area contributed by atoms with Crippen molar-refractivity contribution >= 4 is 29.1 Å². The number of nitrogens with one attached hydrogen (secondary N) is 1. The zero-order valence-electron chi connectivity index (χ0n) is 8.98. The molecule has 0 atom stereocenters. The van der Waals surface area contributed by atoms with Crippen LogP contribution in [0, 0.1) is 15.9 Å². The van der Waals surface area contributed by atoms with Crippen molar-refractivity contribution in [3.05, 3.63) is 33.1 Å². The number of carbonyl (C=O) groups excluding carboxylic acids is 1. The summed E-state index contributed by atoms with van der Waals surface area (Å²) < 4.78 is 17.6. The first-order valence-electron chi connectivity index (χ1n) is 4.71. The molecule has 1 aromatic carbocycles. The predicted molar refractivity (Wildman–Crippen MR) is 62.1 cm³/mol. The van der Waals surface area contributed by atoms with Gasteiger partial charge in [-0.3, -0.25) is 10.1 Å². The number of amides is 1. The van der Waals surface area contributed by atoms with Crippen LogP contribution >= 0.6 is 11.6 Å². The predicted octanol–water partition coefficient (Wildman–Crippen LogP) is 1.89. The van der Waals surface area contributed by atoms with Crippen LogP contribution < -0.4 is 11.1 Å². The van der Waals surface area contributed by atoms with Crippen molar-refractivity contribution in [2.75, 3.05) is 18.5 Å². The number of benzene rings is 1. The SMILES string of the molecule is NC(=O)OCCNc1cc(F)c(Cl)cc1[N+](=O)[O-]. The van der Waals surface area contributed by atoms with Gasteiger partial charge in [-0.25, -0.2) is 9.18 Å². The van der Waals surface area contributed by atoms with Crippen molar-refractivity contribution in [2.24, 2.45) is 5.73 Å². The van der Waals surface area contributed by atoms with Gasteiger partial charge in [-0.1, -0.05) is 11.6 Å². The highest BCUT2D eigenvalue weighted by Gasteiger charge is 2.17. The summed E-state index contributed by atoms with van der Waals surface area (Å²) >= 11 is 5.44. The lowest BCUT2D eigenvalue weighted by Crippen LogP contribution is -2.18. The topological polar surface area (TPSA) is 107 Å². The molecule has 0 aromatic heterocycles. The van der Waals surface area contributed by atoms with Gasteiger partial charge in [0.05, 0.1) is 9.95 Å². The van der Waals surface area contributed by atoms with Gasteiger partial charge in [0.25, 0.3) is 5.69 Å². The highest BCUT2D eigenvalue weighted by molar-refractivity contribution is 6.31. The van der Waals surface area contributed by atoms with E-state index in [0.717, 1.165) is 12.1 Å². The first-order valence-corrected chi connectivity index (χ1v) is 5.09. The Morgan fingerprint density at radius 3 is 2.83 bits per heavy atom. The average molecular weight is 278 g/mol. The monoisotopic (exact) mass is 277 g/mol. The van der Waals surface area contributed by atoms with Crippen LogP contribution in [0.5, 0.6) is 0 Å². The highest BCUT2D eigenvalue weighted by atomic mass is 35.5. The quantitative estimate of drug-likeness (QED) is 0.485. The first kappa shape index (κ1) is 14.0. The molecule has 0 radical (unpaired) electrons. The lowest BCUT2D eigenvalue weighted by molar-refractivity contribution is -0.384. The van der Waals surface area contributed by atoms with Crippen molar-refractivity contribution in [1.82, 2.24) is 0 Å². The third-order valence-electron chi connectivity index (χ3n) is 1.90. The zero-order valence-corrected chi connectivity index (χ0v) is 9.74. The van der Waals surface area contributed by atoms with Gasteiger partial charge in [-0.15, -0.1) is 0 Å². The second-order valence-electron chi connectivity index (χ2n) is 3.13. The van der Waals surface area contributed by atoms with E-state index in [9.17, 15) is 19.3 Å². The van der Waals surface area contributed by atoms with Gasteiger partial charge in [-0.05, 0) is 0 Å². The molecule has 0 aliphatic rings. The number of hydrogen-bond donors (Lipinski definition) is 2. The van der Waals surface area contributed by atoms with Gasteiger partial charge < -0.3 is 15.8 Å². The van der Waals surface area contributed by atoms with Gasteiger partial charge in [-0.2, -0.15) is 0 Å². The van der Waals surface area contributed by atoms with Gasteiger partial charge in [0.15, 0.2) is 0 Å². The van der Waals surface area contributed by atoms with Crippen LogP contribution in [0.15, 0.2) is 12.1 Å². The van der Waals surface area contributed by atoms with E-state index in [-0.39, 0.29) is 29.5 Å². The number of carbonyl (C=O) groups is 1. The summed E-state index contributed by atoms with van der Waals surface area (Å²) in [6.07, 6.45) is -0.964. The summed E-state index contributed by atoms with van der Waals surface area (Å²) in [6.45, 7) is -0.0540. The van der Waals surface area contributed by atoms with E-state index in [0.29, 0.717) is 0 Å². The molecule has 0 aliphatic heterocycles. The Kier molecular flexibility index (Phi) is 4.67. The average Bonchev–Trinajstić information content (AvgIpc) is 2.28. The molecule has 98 valence electrons. The molecule has 1 amide bonds. The lowest BCUT2D eigenvalue weighted by Gasteiger charge is -2.07. The molecule has 18 heavy (non-hydrogen) atoms. The number of halogens is 2. The molecular formula is C9H9ClFN3O4. The molecular weight excluding hydrogens is 269 g/mol. The Labute approximate surface area is 106 Å². The molecule has 0 aliphatic carbocycles. The fourth-order valence-electron chi connectivity index (χ4n) is 1.17. The normalized spacial score (nSPS) is 9.89. The maximum absolute atomic E-state index is 13.2. The fourth-order valence-corrected chi connectivity index (χ4v) is 1.32. The summed E-state index contributed by atoms with van der Waals surface area (Å²) in [6, 6.07) is 1.79. The van der Waals surface area contributed by atoms with E-state index in [1.54, 1.807) is 0 Å². The van der Waals surface area contributed by atoms with Crippen LogP contribution in [0.2, 0.25) is 5.02 Å². The smallest absolute Gasteiger partial charge is 0.404 e. The zero-order chi connectivity index (χ0) is 13.7. The van der Waals surface area contributed by atoms with Crippen molar-refractivity contribution in [3.8, 4) is 0 Å². The molecule has 1 rings (SSSR count). The Morgan fingerprint density at radius 2 is 2.28 bits per heavy atom. The number of ether oxygens (including phenoxy) is 1.